The molecule has 3 aromatic rings. The minimum Gasteiger partial charge on any atom is -0.356 e. The topological polar surface area (TPSA) is 56.4 Å². The van der Waals surface area contributed by atoms with E-state index in [1.165, 1.54) is 11.1 Å². The van der Waals surface area contributed by atoms with Gasteiger partial charge in [-0.15, -0.1) is 0 Å². The van der Waals surface area contributed by atoms with Crippen molar-refractivity contribution >= 4 is 22.7 Å². The molecule has 1 N–H and O–H groups in total. The Bertz CT molecular complexity index is 1060. The Hall–Kier alpha value is -3.08. The van der Waals surface area contributed by atoms with Crippen molar-refractivity contribution < 1.29 is 9.59 Å². The van der Waals surface area contributed by atoms with Crippen molar-refractivity contribution in [3.8, 4) is 0 Å². The van der Waals surface area contributed by atoms with Gasteiger partial charge in [-0.05, 0) is 30.5 Å². The van der Waals surface area contributed by atoms with Gasteiger partial charge in [0, 0.05) is 29.6 Å². The summed E-state index contributed by atoms with van der Waals surface area (Å²) in [5.41, 5.74) is 4.49. The molecule has 2 atom stereocenters. The SMILES string of the molecule is C[C@@H]1c2[nH]c3ccccc3c2C[C@H]2C(=O)N(CCc3ccccc3)CC(=O)N12. The number of amides is 2. The number of fused-ring (bicyclic) bond motifs is 4. The molecular weight excluding hydrogens is 350 g/mol. The molecule has 2 amide bonds. The highest BCUT2D eigenvalue weighted by Gasteiger charge is 2.45. The van der Waals surface area contributed by atoms with Gasteiger partial charge in [0.05, 0.1) is 12.6 Å². The maximum absolute atomic E-state index is 13.3. The average Bonchev–Trinajstić information content (AvgIpc) is 3.09. The van der Waals surface area contributed by atoms with E-state index < -0.39 is 6.04 Å². The van der Waals surface area contributed by atoms with Crippen LogP contribution in [-0.4, -0.2) is 45.7 Å². The number of aromatic nitrogens is 1. The second-order valence-electron chi connectivity index (χ2n) is 7.76. The molecular formula is C23H23N3O2. The van der Waals surface area contributed by atoms with Crippen molar-refractivity contribution in [1.82, 2.24) is 14.8 Å². The molecule has 3 heterocycles. The maximum atomic E-state index is 13.3. The monoisotopic (exact) mass is 373 g/mol. The summed E-state index contributed by atoms with van der Waals surface area (Å²) in [6.45, 7) is 2.77. The van der Waals surface area contributed by atoms with E-state index in [4.69, 9.17) is 0 Å². The van der Waals surface area contributed by atoms with Crippen LogP contribution in [0.15, 0.2) is 54.6 Å². The van der Waals surface area contributed by atoms with Crippen molar-refractivity contribution in [1.29, 1.82) is 0 Å². The number of hydrogen-bond donors (Lipinski definition) is 1. The Labute approximate surface area is 163 Å². The number of carbonyl (C=O) groups is 2. The Morgan fingerprint density at radius 2 is 1.79 bits per heavy atom. The molecule has 1 saturated heterocycles. The largest absolute Gasteiger partial charge is 0.356 e. The van der Waals surface area contributed by atoms with Crippen molar-refractivity contribution in [3.63, 3.8) is 0 Å². The molecule has 142 valence electrons. The molecule has 1 fully saturated rings. The van der Waals surface area contributed by atoms with E-state index in [0.717, 1.165) is 23.0 Å². The van der Waals surface area contributed by atoms with E-state index in [9.17, 15) is 9.59 Å². The summed E-state index contributed by atoms with van der Waals surface area (Å²) in [7, 11) is 0. The van der Waals surface area contributed by atoms with Gasteiger partial charge in [-0.2, -0.15) is 0 Å². The molecule has 2 aromatic carbocycles. The maximum Gasteiger partial charge on any atom is 0.246 e. The fraction of sp³-hybridized carbons (Fsp3) is 0.304. The number of piperazine rings is 1. The third kappa shape index (κ3) is 2.61. The van der Waals surface area contributed by atoms with Gasteiger partial charge in [0.2, 0.25) is 11.8 Å². The lowest BCUT2D eigenvalue weighted by Gasteiger charge is -2.46. The number of nitrogens with one attached hydrogen (secondary N) is 1. The number of rotatable bonds is 3. The van der Waals surface area contributed by atoms with Gasteiger partial charge in [0.15, 0.2) is 0 Å². The first-order valence-corrected chi connectivity index (χ1v) is 9.87. The van der Waals surface area contributed by atoms with Gasteiger partial charge in [0.1, 0.15) is 6.04 Å². The first-order chi connectivity index (χ1) is 13.6. The zero-order valence-electron chi connectivity index (χ0n) is 15.9. The van der Waals surface area contributed by atoms with Crippen molar-refractivity contribution in [2.75, 3.05) is 13.1 Å². The predicted molar refractivity (Wildman–Crippen MR) is 108 cm³/mol. The van der Waals surface area contributed by atoms with Crippen LogP contribution in [-0.2, 0) is 22.4 Å². The van der Waals surface area contributed by atoms with Crippen LogP contribution in [0.3, 0.4) is 0 Å². The van der Waals surface area contributed by atoms with Crippen LogP contribution in [0, 0.1) is 0 Å². The van der Waals surface area contributed by atoms with Crippen LogP contribution in [0.2, 0.25) is 0 Å². The summed E-state index contributed by atoms with van der Waals surface area (Å²) >= 11 is 0. The summed E-state index contributed by atoms with van der Waals surface area (Å²) in [6.07, 6.45) is 1.34. The molecule has 2 aliphatic heterocycles. The minimum atomic E-state index is -0.404. The molecule has 0 bridgehead atoms. The fourth-order valence-corrected chi connectivity index (χ4v) is 4.73. The molecule has 28 heavy (non-hydrogen) atoms. The highest BCUT2D eigenvalue weighted by Crippen LogP contribution is 2.38. The van der Waals surface area contributed by atoms with Gasteiger partial charge in [-0.25, -0.2) is 0 Å². The van der Waals surface area contributed by atoms with Crippen LogP contribution in [0.4, 0.5) is 0 Å². The van der Waals surface area contributed by atoms with E-state index in [1.54, 1.807) is 9.80 Å². The average molecular weight is 373 g/mol. The summed E-state index contributed by atoms with van der Waals surface area (Å²) in [6, 6.07) is 17.8. The van der Waals surface area contributed by atoms with Gasteiger partial charge in [0.25, 0.3) is 0 Å². The first kappa shape index (κ1) is 17.0. The van der Waals surface area contributed by atoms with Crippen molar-refractivity contribution in [2.24, 2.45) is 0 Å². The van der Waals surface area contributed by atoms with Gasteiger partial charge in [-0.1, -0.05) is 48.5 Å². The van der Waals surface area contributed by atoms with E-state index >= 15 is 0 Å². The highest BCUT2D eigenvalue weighted by atomic mass is 16.2. The number of aromatic amines is 1. The molecule has 1 aromatic heterocycles. The molecule has 5 rings (SSSR count). The van der Waals surface area contributed by atoms with Crippen molar-refractivity contribution in [3.05, 3.63) is 71.4 Å². The van der Waals surface area contributed by atoms with E-state index in [2.05, 4.69) is 29.2 Å². The lowest BCUT2D eigenvalue weighted by atomic mass is 9.90. The van der Waals surface area contributed by atoms with E-state index in [0.29, 0.717) is 13.0 Å². The normalized spacial score (nSPS) is 21.8. The number of nitrogens with zero attached hydrogens (tertiary/aromatic N) is 2. The van der Waals surface area contributed by atoms with Gasteiger partial charge < -0.3 is 14.8 Å². The standard InChI is InChI=1S/C23H23N3O2/c1-15-22-18(17-9-5-6-10-19(17)24-22)13-20-23(28)25(14-21(27)26(15)20)12-11-16-7-3-2-4-8-16/h2-10,15,20,24H,11-14H2,1H3/t15-,20+/m1/s1. The Morgan fingerprint density at radius 1 is 1.04 bits per heavy atom. The number of carbonyl (C=O) groups excluding carboxylic acids is 2. The van der Waals surface area contributed by atoms with E-state index in [1.807, 2.05) is 37.3 Å². The lowest BCUT2D eigenvalue weighted by Crippen LogP contribution is -2.62. The predicted octanol–water partition coefficient (Wildman–Crippen LogP) is 3.07. The molecule has 5 heteroatoms. The number of para-hydroxylation sites is 1. The minimum absolute atomic E-state index is 0.0365. The first-order valence-electron chi connectivity index (χ1n) is 9.87. The molecule has 0 aliphatic carbocycles. The number of hydrogen-bond acceptors (Lipinski definition) is 2. The molecule has 0 radical (unpaired) electrons. The third-order valence-electron chi connectivity index (χ3n) is 6.14. The van der Waals surface area contributed by atoms with Gasteiger partial charge >= 0.3 is 0 Å². The Morgan fingerprint density at radius 3 is 2.61 bits per heavy atom. The highest BCUT2D eigenvalue weighted by molar-refractivity contribution is 5.97. The van der Waals surface area contributed by atoms with Crippen LogP contribution < -0.4 is 0 Å². The fourth-order valence-electron chi connectivity index (χ4n) is 4.73. The quantitative estimate of drug-likeness (QED) is 0.767. The second-order valence-corrected chi connectivity index (χ2v) is 7.76. The summed E-state index contributed by atoms with van der Waals surface area (Å²) in [5, 5.41) is 1.16. The summed E-state index contributed by atoms with van der Waals surface area (Å²) in [5.74, 6) is 0.104. The Balaban J connectivity index is 1.44. The van der Waals surface area contributed by atoms with E-state index in [-0.39, 0.29) is 24.4 Å². The lowest BCUT2D eigenvalue weighted by molar-refractivity contribution is -0.159. The molecule has 2 aliphatic rings. The third-order valence-corrected chi connectivity index (χ3v) is 6.14. The number of benzene rings is 2. The van der Waals surface area contributed by atoms with Gasteiger partial charge in [-0.3, -0.25) is 9.59 Å². The van der Waals surface area contributed by atoms with Crippen molar-refractivity contribution in [2.45, 2.75) is 31.8 Å². The zero-order chi connectivity index (χ0) is 19.3. The van der Waals surface area contributed by atoms with Crippen LogP contribution in [0.25, 0.3) is 10.9 Å². The molecule has 0 saturated carbocycles. The van der Waals surface area contributed by atoms with Crippen LogP contribution in [0.5, 0.6) is 0 Å². The molecule has 0 spiro atoms. The summed E-state index contributed by atoms with van der Waals surface area (Å²) in [4.78, 5) is 33.2. The Kier molecular flexibility index (Phi) is 3.97. The zero-order valence-corrected chi connectivity index (χ0v) is 15.9. The second kappa shape index (κ2) is 6.51. The number of H-pyrrole nitrogens is 1. The summed E-state index contributed by atoms with van der Waals surface area (Å²) < 4.78 is 0. The molecule has 0 unspecified atom stereocenters. The van der Waals surface area contributed by atoms with Crippen LogP contribution >= 0.6 is 0 Å². The van der Waals surface area contributed by atoms with Crippen LogP contribution in [0.1, 0.15) is 29.8 Å². The smallest absolute Gasteiger partial charge is 0.246 e. The molecule has 5 nitrogen and oxygen atoms in total.